The minimum atomic E-state index is -1.12. The summed E-state index contributed by atoms with van der Waals surface area (Å²) in [6.07, 6.45) is 2.54. The first-order valence-electron chi connectivity index (χ1n) is 10.5. The molecule has 0 spiro atoms. The van der Waals surface area contributed by atoms with E-state index in [2.05, 4.69) is 9.80 Å². The molecule has 3 saturated heterocycles. The Hall–Kier alpha value is -1.83. The number of esters is 1. The van der Waals surface area contributed by atoms with Crippen LogP contribution in [0.3, 0.4) is 0 Å². The Bertz CT molecular complexity index is 750. The third-order valence-electron chi connectivity index (χ3n) is 6.88. The van der Waals surface area contributed by atoms with Crippen LogP contribution in [-0.4, -0.2) is 73.6 Å². The number of methoxy groups -OCH3 is 1. The first-order valence-corrected chi connectivity index (χ1v) is 10.5. The lowest BCUT2D eigenvalue weighted by atomic mass is 9.70. The largest absolute Gasteiger partial charge is 0.468 e. The molecule has 0 radical (unpaired) electrons. The molecule has 4 rings (SSSR count). The van der Waals surface area contributed by atoms with Crippen molar-refractivity contribution in [1.82, 2.24) is 9.80 Å². The summed E-state index contributed by atoms with van der Waals surface area (Å²) >= 11 is 0. The number of hydrogen-bond acceptors (Lipinski definition) is 6. The average molecular weight is 404 g/mol. The fraction of sp³-hybridized carbons (Fsp3) is 0.636. The Kier molecular flexibility index (Phi) is 5.99. The summed E-state index contributed by atoms with van der Waals surface area (Å²) in [7, 11) is 1.37. The number of hydrogen-bond donors (Lipinski definition) is 0. The molecular weight excluding hydrogens is 375 g/mol. The Balaban J connectivity index is 1.58. The normalized spacial score (nSPS) is 30.5. The zero-order valence-corrected chi connectivity index (χ0v) is 16.9. The number of fused-ring (bicyclic) bond motifs is 2. The molecule has 0 unspecified atom stereocenters. The molecule has 0 N–H and O–H groups in total. The summed E-state index contributed by atoms with van der Waals surface area (Å²) in [5.41, 5.74) is -0.135. The highest BCUT2D eigenvalue weighted by molar-refractivity contribution is 6.05. The molecule has 0 aliphatic carbocycles. The van der Waals surface area contributed by atoms with Crippen LogP contribution in [0.4, 0.5) is 4.39 Å². The number of Topliss-reactive ketones (excluding diaryl/α,β-unsaturated/α-hetero) is 1. The van der Waals surface area contributed by atoms with E-state index in [1.54, 1.807) is 12.1 Å². The van der Waals surface area contributed by atoms with Crippen molar-refractivity contribution in [3.8, 4) is 0 Å². The highest BCUT2D eigenvalue weighted by Gasteiger charge is 2.61. The van der Waals surface area contributed by atoms with E-state index < -0.39 is 11.4 Å². The van der Waals surface area contributed by atoms with Crippen molar-refractivity contribution in [2.75, 3.05) is 40.0 Å². The number of benzene rings is 1. The summed E-state index contributed by atoms with van der Waals surface area (Å²) in [6.45, 7) is 4.29. The molecule has 29 heavy (non-hydrogen) atoms. The predicted octanol–water partition coefficient (Wildman–Crippen LogP) is 2.01. The van der Waals surface area contributed by atoms with E-state index in [9.17, 15) is 14.0 Å². The topological polar surface area (TPSA) is 59.1 Å². The van der Waals surface area contributed by atoms with Crippen LogP contribution in [-0.2, 0) is 25.6 Å². The van der Waals surface area contributed by atoms with Gasteiger partial charge in [-0.25, -0.2) is 4.39 Å². The highest BCUT2D eigenvalue weighted by atomic mass is 19.1. The molecule has 0 aromatic heterocycles. The third-order valence-corrected chi connectivity index (χ3v) is 6.88. The van der Waals surface area contributed by atoms with Crippen LogP contribution in [0.15, 0.2) is 24.3 Å². The van der Waals surface area contributed by atoms with Gasteiger partial charge in [0, 0.05) is 38.1 Å². The summed E-state index contributed by atoms with van der Waals surface area (Å²) in [6, 6.07) is 6.43. The van der Waals surface area contributed by atoms with Crippen molar-refractivity contribution < 1.29 is 23.5 Å². The number of morpholine rings is 1. The SMILES string of the molecule is COC(=O)[C@]1(CCN2CCOCC2)C(=O)C[C@H]2CC[C@@H]1N2Cc1ccc(F)cc1. The van der Waals surface area contributed by atoms with Gasteiger partial charge in [0.2, 0.25) is 0 Å². The van der Waals surface area contributed by atoms with Crippen molar-refractivity contribution in [2.45, 2.75) is 44.3 Å². The second kappa shape index (κ2) is 8.50. The zero-order chi connectivity index (χ0) is 20.4. The van der Waals surface area contributed by atoms with Crippen LogP contribution in [0.2, 0.25) is 0 Å². The molecular formula is C22H29FN2O4. The van der Waals surface area contributed by atoms with Crippen LogP contribution in [0, 0.1) is 11.2 Å². The average Bonchev–Trinajstić information content (AvgIpc) is 3.05. The fourth-order valence-corrected chi connectivity index (χ4v) is 5.31. The predicted molar refractivity (Wildman–Crippen MR) is 105 cm³/mol. The number of ketones is 1. The van der Waals surface area contributed by atoms with Gasteiger partial charge in [0.05, 0.1) is 20.3 Å². The molecule has 0 saturated carbocycles. The van der Waals surface area contributed by atoms with Crippen molar-refractivity contribution >= 4 is 11.8 Å². The van der Waals surface area contributed by atoms with E-state index in [0.717, 1.165) is 31.5 Å². The maximum Gasteiger partial charge on any atom is 0.321 e. The summed E-state index contributed by atoms with van der Waals surface area (Å²) in [5, 5.41) is 0. The van der Waals surface area contributed by atoms with Gasteiger partial charge < -0.3 is 9.47 Å². The number of nitrogens with zero attached hydrogens (tertiary/aromatic N) is 2. The maximum absolute atomic E-state index is 13.3. The van der Waals surface area contributed by atoms with Gasteiger partial charge in [-0.15, -0.1) is 0 Å². The van der Waals surface area contributed by atoms with E-state index in [0.29, 0.717) is 39.1 Å². The number of carbonyl (C=O) groups excluding carboxylic acids is 2. The van der Waals surface area contributed by atoms with Crippen molar-refractivity contribution in [3.05, 3.63) is 35.6 Å². The summed E-state index contributed by atoms with van der Waals surface area (Å²) < 4.78 is 23.9. The molecule has 1 aromatic rings. The fourth-order valence-electron chi connectivity index (χ4n) is 5.31. The van der Waals surface area contributed by atoms with Gasteiger partial charge >= 0.3 is 5.97 Å². The lowest BCUT2D eigenvalue weighted by Gasteiger charge is -2.46. The minimum absolute atomic E-state index is 0.0143. The van der Waals surface area contributed by atoms with Crippen LogP contribution in [0.5, 0.6) is 0 Å². The Morgan fingerprint density at radius 3 is 2.66 bits per heavy atom. The van der Waals surface area contributed by atoms with E-state index in [4.69, 9.17) is 9.47 Å². The number of halogens is 1. The molecule has 7 heteroatoms. The molecule has 3 fully saturated rings. The van der Waals surface area contributed by atoms with Crippen molar-refractivity contribution in [1.29, 1.82) is 0 Å². The van der Waals surface area contributed by atoms with Crippen LogP contribution in [0.1, 0.15) is 31.2 Å². The lowest BCUT2D eigenvalue weighted by Crippen LogP contribution is -2.61. The van der Waals surface area contributed by atoms with Crippen LogP contribution < -0.4 is 0 Å². The molecule has 3 aliphatic rings. The minimum Gasteiger partial charge on any atom is -0.468 e. The van der Waals surface area contributed by atoms with Gasteiger partial charge in [-0.1, -0.05) is 12.1 Å². The smallest absolute Gasteiger partial charge is 0.321 e. The number of carbonyl (C=O) groups is 2. The highest BCUT2D eigenvalue weighted by Crippen LogP contribution is 2.48. The lowest BCUT2D eigenvalue weighted by molar-refractivity contribution is -0.168. The number of rotatable bonds is 6. The van der Waals surface area contributed by atoms with Crippen molar-refractivity contribution in [2.24, 2.45) is 5.41 Å². The molecule has 0 amide bonds. The molecule has 3 heterocycles. The maximum atomic E-state index is 13.3. The standard InChI is InChI=1S/C22H29FN2O4/c1-28-21(27)22(8-9-24-10-12-29-13-11-24)19-7-6-18(14-20(22)26)25(19)15-16-2-4-17(23)5-3-16/h2-5,18-19H,6-15H2,1H3/t18-,19+,22+/m1/s1. The van der Waals surface area contributed by atoms with Crippen LogP contribution in [0.25, 0.3) is 0 Å². The van der Waals surface area contributed by atoms with E-state index in [-0.39, 0.29) is 23.7 Å². The monoisotopic (exact) mass is 404 g/mol. The molecule has 6 nitrogen and oxygen atoms in total. The van der Waals surface area contributed by atoms with Gasteiger partial charge in [-0.2, -0.15) is 0 Å². The van der Waals surface area contributed by atoms with E-state index >= 15 is 0 Å². The van der Waals surface area contributed by atoms with Gasteiger partial charge in [0.1, 0.15) is 11.2 Å². The number of piperidine rings is 1. The van der Waals surface area contributed by atoms with Gasteiger partial charge in [0.25, 0.3) is 0 Å². The van der Waals surface area contributed by atoms with Crippen LogP contribution >= 0.6 is 0 Å². The van der Waals surface area contributed by atoms with Gasteiger partial charge in [0.15, 0.2) is 5.78 Å². The van der Waals surface area contributed by atoms with Crippen molar-refractivity contribution in [3.63, 3.8) is 0 Å². The molecule has 3 aliphatic heterocycles. The Labute approximate surface area is 170 Å². The third kappa shape index (κ3) is 3.83. The number of ether oxygens (including phenoxy) is 2. The van der Waals surface area contributed by atoms with E-state index in [1.807, 2.05) is 0 Å². The second-order valence-electron chi connectivity index (χ2n) is 8.34. The van der Waals surface area contributed by atoms with E-state index in [1.165, 1.54) is 19.2 Å². The quantitative estimate of drug-likeness (QED) is 0.534. The molecule has 3 atom stereocenters. The summed E-state index contributed by atoms with van der Waals surface area (Å²) in [5.74, 6) is -0.661. The zero-order valence-electron chi connectivity index (χ0n) is 16.9. The summed E-state index contributed by atoms with van der Waals surface area (Å²) in [4.78, 5) is 30.9. The van der Waals surface area contributed by atoms with Gasteiger partial charge in [-0.05, 0) is 43.5 Å². The second-order valence-corrected chi connectivity index (χ2v) is 8.34. The van der Waals surface area contributed by atoms with Gasteiger partial charge in [-0.3, -0.25) is 19.4 Å². The molecule has 1 aromatic carbocycles. The first-order chi connectivity index (χ1) is 14.0. The molecule has 158 valence electrons. The first kappa shape index (κ1) is 20.4. The molecule has 2 bridgehead atoms. The Morgan fingerprint density at radius 1 is 1.24 bits per heavy atom. The Morgan fingerprint density at radius 2 is 1.97 bits per heavy atom.